The van der Waals surface area contributed by atoms with Gasteiger partial charge in [0, 0.05) is 45.2 Å². The van der Waals surface area contributed by atoms with E-state index in [1.54, 1.807) is 12.4 Å². The van der Waals surface area contributed by atoms with Crippen LogP contribution in [0, 0.1) is 0 Å². The number of H-pyrrole nitrogens is 1. The number of nitrogens with zero attached hydrogens (tertiary/aromatic N) is 7. The van der Waals surface area contributed by atoms with E-state index in [0.717, 1.165) is 54.5 Å². The summed E-state index contributed by atoms with van der Waals surface area (Å²) in [5.74, 6) is 0.170. The Labute approximate surface area is 203 Å². The highest BCUT2D eigenvalue weighted by Gasteiger charge is 2.38. The molecule has 11 nitrogen and oxygen atoms in total. The smallest absolute Gasteiger partial charge is 0.475 e. The summed E-state index contributed by atoms with van der Waals surface area (Å²) in [7, 11) is 2.14. The normalized spacial score (nSPS) is 14.5. The van der Waals surface area contributed by atoms with E-state index in [0.29, 0.717) is 24.6 Å². The first-order valence-corrected chi connectivity index (χ1v) is 11.0. The molecule has 0 bridgehead atoms. The molecule has 0 spiro atoms. The van der Waals surface area contributed by atoms with Crippen LogP contribution in [-0.4, -0.2) is 85.5 Å². The third-order valence-corrected chi connectivity index (χ3v) is 5.41. The van der Waals surface area contributed by atoms with Gasteiger partial charge in [-0.3, -0.25) is 4.98 Å². The minimum Gasteiger partial charge on any atom is -0.475 e. The van der Waals surface area contributed by atoms with Crippen molar-refractivity contribution in [3.63, 3.8) is 0 Å². The molecule has 36 heavy (non-hydrogen) atoms. The predicted molar refractivity (Wildman–Crippen MR) is 122 cm³/mol. The number of nitrogens with one attached hydrogen (secondary N) is 1. The highest BCUT2D eigenvalue weighted by Crippen LogP contribution is 2.20. The van der Waals surface area contributed by atoms with Gasteiger partial charge in [-0.1, -0.05) is 11.2 Å². The summed E-state index contributed by atoms with van der Waals surface area (Å²) in [5, 5.41) is 11.2. The molecule has 14 heteroatoms. The number of hydrogen-bond acceptors (Lipinski definition) is 9. The van der Waals surface area contributed by atoms with Crippen molar-refractivity contribution in [3.8, 4) is 11.5 Å². The van der Waals surface area contributed by atoms with E-state index in [1.165, 1.54) is 0 Å². The second-order valence-corrected chi connectivity index (χ2v) is 8.06. The maximum absolute atomic E-state index is 10.6. The Balaban J connectivity index is 0.000000384. The third kappa shape index (κ3) is 6.33. The number of pyridine rings is 2. The average molecular weight is 504 g/mol. The maximum atomic E-state index is 10.6. The largest absolute Gasteiger partial charge is 0.490 e. The molecule has 0 saturated carbocycles. The van der Waals surface area contributed by atoms with E-state index in [-0.39, 0.29) is 0 Å². The van der Waals surface area contributed by atoms with E-state index < -0.39 is 12.1 Å². The third-order valence-electron chi connectivity index (χ3n) is 5.41. The zero-order chi connectivity index (χ0) is 25.7. The number of aryl methyl sites for hydroxylation is 2. The van der Waals surface area contributed by atoms with Crippen LogP contribution in [0.3, 0.4) is 0 Å². The van der Waals surface area contributed by atoms with Gasteiger partial charge in [-0.15, -0.1) is 0 Å². The number of carboxylic acids is 1. The van der Waals surface area contributed by atoms with E-state index in [1.807, 2.05) is 24.3 Å². The Kier molecular flexibility index (Phi) is 7.43. The highest BCUT2D eigenvalue weighted by molar-refractivity contribution is 5.73. The maximum Gasteiger partial charge on any atom is 0.490 e. The first-order valence-electron chi connectivity index (χ1n) is 11.0. The first-order chi connectivity index (χ1) is 17.2. The summed E-state index contributed by atoms with van der Waals surface area (Å²) in [6, 6.07) is 7.83. The number of imidazole rings is 1. The van der Waals surface area contributed by atoms with Crippen molar-refractivity contribution in [1.29, 1.82) is 0 Å². The number of rotatable bonds is 5. The molecule has 0 aromatic carbocycles. The molecule has 2 N–H and O–H groups in total. The van der Waals surface area contributed by atoms with Gasteiger partial charge in [0.1, 0.15) is 17.3 Å². The molecule has 0 radical (unpaired) electrons. The van der Waals surface area contributed by atoms with Crippen molar-refractivity contribution >= 4 is 22.8 Å². The number of anilines is 1. The Morgan fingerprint density at radius 2 is 1.86 bits per heavy atom. The van der Waals surface area contributed by atoms with Crippen LogP contribution < -0.4 is 4.90 Å². The number of alkyl halides is 3. The lowest BCUT2D eigenvalue weighted by Gasteiger charge is -2.33. The minimum atomic E-state index is -5.08. The van der Waals surface area contributed by atoms with Gasteiger partial charge in [0.2, 0.25) is 11.7 Å². The number of piperazine rings is 1. The number of carboxylic acid groups (broad SMARTS) is 1. The topological polar surface area (TPSA) is 137 Å². The van der Waals surface area contributed by atoms with Crippen LogP contribution in [0.2, 0.25) is 0 Å². The second kappa shape index (κ2) is 10.7. The number of likely N-dealkylation sites (N-methyl/N-ethyl adjacent to an activating group) is 1. The van der Waals surface area contributed by atoms with Crippen LogP contribution in [0.5, 0.6) is 0 Å². The van der Waals surface area contributed by atoms with Crippen molar-refractivity contribution < 1.29 is 27.6 Å². The van der Waals surface area contributed by atoms with Gasteiger partial charge in [-0.25, -0.2) is 14.8 Å². The Morgan fingerprint density at radius 1 is 1.11 bits per heavy atom. The lowest BCUT2D eigenvalue weighted by atomic mass is 10.3. The molecule has 0 amide bonds. The van der Waals surface area contributed by atoms with E-state index >= 15 is 0 Å². The Bertz CT molecular complexity index is 1280. The summed E-state index contributed by atoms with van der Waals surface area (Å²) in [5.41, 5.74) is 2.57. The predicted octanol–water partition coefficient (Wildman–Crippen LogP) is 2.57. The number of carbonyl (C=O) groups is 1. The highest BCUT2D eigenvalue weighted by atomic mass is 19.4. The van der Waals surface area contributed by atoms with Gasteiger partial charge >= 0.3 is 12.1 Å². The molecule has 1 saturated heterocycles. The number of halogens is 3. The quantitative estimate of drug-likeness (QED) is 0.417. The molecule has 190 valence electrons. The molecule has 5 rings (SSSR count). The number of aliphatic carboxylic acids is 1. The minimum absolute atomic E-state index is 0.518. The molecule has 5 heterocycles. The van der Waals surface area contributed by atoms with E-state index in [4.69, 9.17) is 19.4 Å². The number of fused-ring (bicyclic) bond motifs is 1. The zero-order valence-electron chi connectivity index (χ0n) is 19.2. The molecule has 0 aliphatic carbocycles. The van der Waals surface area contributed by atoms with Gasteiger partial charge in [-0.05, 0) is 25.2 Å². The standard InChI is InChI=1S/C20H22N8O.C2HF3O2/c1-27-9-11-28(12-10-27)18-4-2-3-15(24-18)20-25-19(29-26-20)6-5-17-22-14-7-8-21-13-16(14)23-17;3-2(4,5)1(6)7/h2-4,7-8,13H,5-6,9-12H2,1H3,(H,22,23);(H,6,7). The van der Waals surface area contributed by atoms with Gasteiger partial charge in [-0.2, -0.15) is 18.2 Å². The van der Waals surface area contributed by atoms with Crippen molar-refractivity contribution in [2.24, 2.45) is 0 Å². The summed E-state index contributed by atoms with van der Waals surface area (Å²) in [4.78, 5) is 34.7. The Morgan fingerprint density at radius 3 is 2.56 bits per heavy atom. The monoisotopic (exact) mass is 504 g/mol. The SMILES string of the molecule is CN1CCN(c2cccc(-c3noc(CCc4nc5ccncc5[nH]4)n3)n2)CC1.O=C(O)C(F)(F)F. The van der Waals surface area contributed by atoms with Crippen LogP contribution in [-0.2, 0) is 17.6 Å². The molecule has 1 aliphatic rings. The first kappa shape index (κ1) is 25.0. The number of hydrogen-bond donors (Lipinski definition) is 2. The summed E-state index contributed by atoms with van der Waals surface area (Å²) >= 11 is 0. The molecule has 0 unspecified atom stereocenters. The van der Waals surface area contributed by atoms with Gasteiger partial charge in [0.05, 0.1) is 17.2 Å². The van der Waals surface area contributed by atoms with Crippen LogP contribution in [0.1, 0.15) is 11.7 Å². The lowest BCUT2D eigenvalue weighted by molar-refractivity contribution is -0.192. The average Bonchev–Trinajstić information content (AvgIpc) is 3.50. The number of aromatic nitrogens is 6. The van der Waals surface area contributed by atoms with Crippen LogP contribution in [0.25, 0.3) is 22.6 Å². The Hall–Kier alpha value is -4.07. The fourth-order valence-corrected chi connectivity index (χ4v) is 3.47. The van der Waals surface area contributed by atoms with Crippen LogP contribution in [0.4, 0.5) is 19.0 Å². The lowest BCUT2D eigenvalue weighted by Crippen LogP contribution is -2.44. The molecule has 4 aromatic rings. The van der Waals surface area contributed by atoms with E-state index in [2.05, 4.69) is 41.9 Å². The van der Waals surface area contributed by atoms with Gasteiger partial charge in [0.15, 0.2) is 0 Å². The molecule has 0 atom stereocenters. The zero-order valence-corrected chi connectivity index (χ0v) is 19.2. The van der Waals surface area contributed by atoms with Gasteiger partial charge in [0.25, 0.3) is 0 Å². The van der Waals surface area contributed by atoms with Crippen molar-refractivity contribution in [2.45, 2.75) is 19.0 Å². The molecule has 1 fully saturated rings. The second-order valence-electron chi connectivity index (χ2n) is 8.06. The van der Waals surface area contributed by atoms with Crippen LogP contribution in [0.15, 0.2) is 41.2 Å². The van der Waals surface area contributed by atoms with E-state index in [9.17, 15) is 13.2 Å². The fraction of sp³-hybridized carbons (Fsp3) is 0.364. The van der Waals surface area contributed by atoms with Crippen molar-refractivity contribution in [3.05, 3.63) is 48.4 Å². The molecule has 4 aromatic heterocycles. The number of aromatic amines is 1. The molecular formula is C22H23F3N8O3. The van der Waals surface area contributed by atoms with Crippen molar-refractivity contribution in [1.82, 2.24) is 35.0 Å². The van der Waals surface area contributed by atoms with Crippen LogP contribution >= 0.6 is 0 Å². The fourth-order valence-electron chi connectivity index (χ4n) is 3.47. The molecular weight excluding hydrogens is 481 g/mol. The summed E-state index contributed by atoms with van der Waals surface area (Å²) < 4.78 is 37.2. The van der Waals surface area contributed by atoms with Gasteiger partial charge < -0.3 is 24.4 Å². The van der Waals surface area contributed by atoms with Crippen molar-refractivity contribution in [2.75, 3.05) is 38.1 Å². The molecule has 1 aliphatic heterocycles. The summed E-state index contributed by atoms with van der Waals surface area (Å²) in [6.07, 6.45) is -0.278. The summed E-state index contributed by atoms with van der Waals surface area (Å²) in [6.45, 7) is 4.02.